The van der Waals surface area contributed by atoms with Crippen molar-refractivity contribution in [1.29, 1.82) is 0 Å². The number of rotatable bonds is 23. The van der Waals surface area contributed by atoms with Crippen molar-refractivity contribution in [3.63, 3.8) is 0 Å². The van der Waals surface area contributed by atoms with Crippen molar-refractivity contribution in [2.45, 2.75) is 95.0 Å². The number of carboxylic acid groups (broad SMARTS) is 2. The van der Waals surface area contributed by atoms with E-state index in [9.17, 15) is 48.6 Å². The van der Waals surface area contributed by atoms with E-state index in [-0.39, 0.29) is 115 Å². The molecule has 4 aliphatic rings. The van der Waals surface area contributed by atoms with E-state index < -0.39 is 75.9 Å². The molecule has 3 aromatic rings. The number of carboxylic acids is 2. The van der Waals surface area contributed by atoms with Gasteiger partial charge in [0, 0.05) is 85.5 Å². The average Bonchev–Trinajstić information content (AvgIpc) is 3.92. The number of hydrogen-bond donors (Lipinski definition) is 10. The fourth-order valence-electron chi connectivity index (χ4n) is 8.89. The second kappa shape index (κ2) is 21.4. The Kier molecular flexibility index (Phi) is 16.3. The standard InChI is InChI=1S/C44H54N12O12S2.V.H2/c1-19-29(33(59)28-23(16-68-41(46)66)44(67-6)34-25(50-34)15-56(44)31(28)32(19)58)55-42(2,3)18-70-69-17-26(39(64)65)54-43(4,5)27(57)12-11-24(38(62)63)51-36(60)20-7-9-21(10-8-20)47-13-22-14-48-35-30(49-22)37(61)53-40(45)52-35;;/h7-10,14,23-26,34,47,50,54-55H,11-13,15-18H2,1-6H3,(H2,46,66)(H,51,60)(H,62,63)(H,64,65)(H3,45,48,52,53,61);;1H/t23-,24+,25+,26+,34+,44-;;/m1../s1/i;;1+1. The van der Waals surface area contributed by atoms with E-state index in [0.717, 1.165) is 0 Å². The molecule has 0 unspecified atom stereocenters. The van der Waals surface area contributed by atoms with Gasteiger partial charge in [0.05, 0.1) is 47.3 Å². The number of allylic oxidation sites excluding steroid dienone is 2. The summed E-state index contributed by atoms with van der Waals surface area (Å²) in [6, 6.07) is 3.31. The van der Waals surface area contributed by atoms with Gasteiger partial charge in [0.25, 0.3) is 11.5 Å². The van der Waals surface area contributed by atoms with E-state index in [0.29, 0.717) is 23.7 Å². The van der Waals surface area contributed by atoms with Crippen LogP contribution < -0.4 is 43.6 Å². The van der Waals surface area contributed by atoms with E-state index in [4.69, 9.17) is 20.9 Å². The SMILES string of the molecule is CO[C@@]12[C@H](COC(N)=O)C3=C(C(=O)C(C)=C(NC(C)(C)CSSC[C@H](NC(C)(C)C(=O)CC[C@H](NC(=O)c4ccc(NCc5cnc6nc(N)[nH]c(=O)c6n5)cc4)C(=O)O)C(=O)O)C3=O)N1C[C@@H]1N[C@@H]12.[2HH].[V]. The number of methoxy groups -OCH3 is 1. The summed E-state index contributed by atoms with van der Waals surface area (Å²) in [5, 5.41) is 35.0. The number of carbonyl (C=O) groups is 7. The molecule has 1 radical (unpaired) electrons. The summed E-state index contributed by atoms with van der Waals surface area (Å²) in [4.78, 5) is 120. The number of aromatic amines is 1. The van der Waals surface area contributed by atoms with Crippen LogP contribution in [0.1, 0.15) is 64.9 Å². The van der Waals surface area contributed by atoms with Crippen molar-refractivity contribution in [3.05, 3.63) is 74.6 Å². The van der Waals surface area contributed by atoms with Gasteiger partial charge in [-0.05, 0) is 65.3 Å². The number of benzene rings is 1. The molecule has 5 heterocycles. The zero-order chi connectivity index (χ0) is 51.0. The molecule has 0 saturated carbocycles. The third kappa shape index (κ3) is 11.4. The number of nitrogens with two attached hydrogens (primary N) is 2. The van der Waals surface area contributed by atoms with Gasteiger partial charge in [-0.25, -0.2) is 19.6 Å². The fourth-order valence-corrected chi connectivity index (χ4v) is 11.6. The van der Waals surface area contributed by atoms with E-state index >= 15 is 0 Å². The van der Waals surface area contributed by atoms with Crippen LogP contribution in [0.3, 0.4) is 0 Å². The molecule has 0 bridgehead atoms. The molecule has 71 heavy (non-hydrogen) atoms. The molecule has 0 spiro atoms. The molecule has 2 amide bonds. The Bertz CT molecular complexity index is 2800. The number of nitrogens with zero attached hydrogens (tertiary/aromatic N) is 4. The van der Waals surface area contributed by atoms with Crippen LogP contribution in [0, 0.1) is 5.92 Å². The summed E-state index contributed by atoms with van der Waals surface area (Å²) in [5.74, 6) is -5.13. The molecule has 1 aliphatic carbocycles. The number of anilines is 2. The number of hydrogen-bond acceptors (Lipinski definition) is 21. The third-order valence-electron chi connectivity index (χ3n) is 12.5. The first-order chi connectivity index (χ1) is 33.0. The number of Topliss-reactive ketones (excluding diaryl/α,β-unsaturated/α-hetero) is 3. The number of nitrogen functional groups attached to an aromatic ring is 1. The van der Waals surface area contributed by atoms with Crippen molar-refractivity contribution >= 4 is 85.7 Å². The minimum absolute atomic E-state index is 0. The summed E-state index contributed by atoms with van der Waals surface area (Å²) in [6.07, 6.45) is -0.180. The van der Waals surface area contributed by atoms with Gasteiger partial charge in [-0.2, -0.15) is 4.98 Å². The normalized spacial score (nSPS) is 21.2. The van der Waals surface area contributed by atoms with Gasteiger partial charge in [0.15, 0.2) is 22.7 Å². The monoisotopic (exact) mass is 1060 g/mol. The van der Waals surface area contributed by atoms with E-state index in [1.807, 2.05) is 13.8 Å². The first-order valence-electron chi connectivity index (χ1n) is 22.0. The van der Waals surface area contributed by atoms with E-state index in [1.165, 1.54) is 60.9 Å². The molecule has 24 nitrogen and oxygen atoms in total. The molecule has 1 aromatic carbocycles. The minimum atomic E-state index is -1.44. The van der Waals surface area contributed by atoms with Gasteiger partial charge >= 0.3 is 18.0 Å². The van der Waals surface area contributed by atoms with Gasteiger partial charge in [-0.15, -0.1) is 0 Å². The maximum absolute atomic E-state index is 14.3. The number of ketones is 3. The van der Waals surface area contributed by atoms with Crippen molar-refractivity contribution in [1.82, 2.24) is 46.1 Å². The average molecular weight is 1060 g/mol. The zero-order valence-corrected chi connectivity index (χ0v) is 42.4. The van der Waals surface area contributed by atoms with E-state index in [2.05, 4.69) is 46.5 Å². The van der Waals surface area contributed by atoms with Gasteiger partial charge in [-0.3, -0.25) is 39.1 Å². The molecular formula is C44H56N12O12S2V. The van der Waals surface area contributed by atoms with Crippen LogP contribution in [0.2, 0.25) is 0 Å². The number of aliphatic carboxylic acids is 2. The van der Waals surface area contributed by atoms with Gasteiger partial charge in [0.1, 0.15) is 18.7 Å². The van der Waals surface area contributed by atoms with Crippen LogP contribution in [0.5, 0.6) is 0 Å². The fraction of sp³-hybridized carbons (Fsp3) is 0.477. The van der Waals surface area contributed by atoms with Crippen LogP contribution in [0.15, 0.2) is 57.8 Å². The Labute approximate surface area is 427 Å². The third-order valence-corrected chi connectivity index (χ3v) is 15.3. The predicted molar refractivity (Wildman–Crippen MR) is 258 cm³/mol. The minimum Gasteiger partial charge on any atom is -0.480 e. The number of H-pyrrole nitrogens is 1. The molecule has 381 valence electrons. The summed E-state index contributed by atoms with van der Waals surface area (Å²) in [5.41, 5.74) is 8.94. The number of amides is 2. The topological polar surface area (TPSA) is 375 Å². The molecule has 2 fully saturated rings. The molecule has 7 rings (SSSR count). The maximum atomic E-state index is 14.3. The number of aromatic nitrogens is 4. The van der Waals surface area contributed by atoms with Crippen molar-refractivity contribution in [2.75, 3.05) is 42.8 Å². The van der Waals surface area contributed by atoms with Gasteiger partial charge in [-0.1, -0.05) is 21.6 Å². The predicted octanol–water partition coefficient (Wildman–Crippen LogP) is 0.658. The van der Waals surface area contributed by atoms with Crippen LogP contribution in [-0.4, -0.2) is 149 Å². The number of carbonyl (C=O) groups excluding carboxylic acids is 5. The molecule has 6 atom stereocenters. The first-order valence-corrected chi connectivity index (χ1v) is 24.5. The van der Waals surface area contributed by atoms with Crippen LogP contribution in [-0.2, 0) is 58.5 Å². The Balaban J connectivity index is 0.00000481. The van der Waals surface area contributed by atoms with Crippen LogP contribution in [0.25, 0.3) is 11.2 Å². The Morgan fingerprint density at radius 2 is 1.72 bits per heavy atom. The smallest absolute Gasteiger partial charge is 0.404 e. The molecule has 2 saturated heterocycles. The van der Waals surface area contributed by atoms with Crippen LogP contribution >= 0.6 is 21.6 Å². The second-order valence-corrected chi connectivity index (χ2v) is 20.9. The number of ether oxygens (including phenoxy) is 2. The summed E-state index contributed by atoms with van der Waals surface area (Å²) in [7, 11) is 4.00. The molecular weight excluding hydrogens is 1000 g/mol. The number of primary amides is 1. The molecule has 2 aromatic heterocycles. The summed E-state index contributed by atoms with van der Waals surface area (Å²) >= 11 is 0. The maximum Gasteiger partial charge on any atom is 0.404 e. The molecule has 27 heteroatoms. The number of piperazine rings is 1. The molecule has 12 N–H and O–H groups in total. The Hall–Kier alpha value is -6.03. The number of nitrogens with one attached hydrogen (secondary N) is 6. The van der Waals surface area contributed by atoms with Crippen molar-refractivity contribution in [3.8, 4) is 0 Å². The molecule has 3 aliphatic heterocycles. The largest absolute Gasteiger partial charge is 0.480 e. The zero-order valence-electron chi connectivity index (χ0n) is 39.4. The second-order valence-electron chi connectivity index (χ2n) is 18.4. The first kappa shape index (κ1) is 54.3. The number of fused-ring (bicyclic) bond motifs is 5. The Morgan fingerprint density at radius 3 is 2.37 bits per heavy atom. The van der Waals surface area contributed by atoms with Crippen LogP contribution in [0.4, 0.5) is 16.4 Å². The summed E-state index contributed by atoms with van der Waals surface area (Å²) < 4.78 is 11.2. The Morgan fingerprint density at radius 1 is 1.03 bits per heavy atom. The summed E-state index contributed by atoms with van der Waals surface area (Å²) in [6.45, 7) is 8.51. The van der Waals surface area contributed by atoms with E-state index in [1.54, 1.807) is 24.0 Å². The quantitative estimate of drug-likeness (QED) is 0.0270. The van der Waals surface area contributed by atoms with Gasteiger partial charge < -0.3 is 57.3 Å². The van der Waals surface area contributed by atoms with Crippen molar-refractivity contribution < 1.29 is 73.2 Å². The van der Waals surface area contributed by atoms with Gasteiger partial charge in [0.2, 0.25) is 17.5 Å². The van der Waals surface area contributed by atoms with Crippen molar-refractivity contribution in [2.24, 2.45) is 11.7 Å².